The zero-order valence-electron chi connectivity index (χ0n) is 16.7. The van der Waals surface area contributed by atoms with Crippen LogP contribution in [0.5, 0.6) is 0 Å². The Kier molecular flexibility index (Phi) is 6.20. The maximum atomic E-state index is 13.0. The Labute approximate surface area is 167 Å². The lowest BCUT2D eigenvalue weighted by Gasteiger charge is -2.22. The van der Waals surface area contributed by atoms with E-state index in [2.05, 4.69) is 4.72 Å². The van der Waals surface area contributed by atoms with E-state index >= 15 is 0 Å². The number of hydrogen-bond donors (Lipinski definition) is 1. The van der Waals surface area contributed by atoms with Gasteiger partial charge in [-0.15, -0.1) is 0 Å². The molecule has 0 bridgehead atoms. The fourth-order valence-electron chi connectivity index (χ4n) is 3.78. The molecule has 0 fully saturated rings. The fraction of sp³-hybridized carbons (Fsp3) is 0.409. The van der Waals surface area contributed by atoms with Crippen LogP contribution in [-0.2, 0) is 27.7 Å². The number of nitrogens with one attached hydrogen (secondary N) is 1. The Morgan fingerprint density at radius 3 is 2.54 bits per heavy atom. The number of carbonyl (C=O) groups excluding carboxylic acids is 1. The Bertz CT molecular complexity index is 942. The molecule has 1 aliphatic rings. The molecular weight excluding hydrogens is 372 g/mol. The van der Waals surface area contributed by atoms with E-state index in [1.165, 1.54) is 0 Å². The predicted molar refractivity (Wildman–Crippen MR) is 112 cm³/mol. The summed E-state index contributed by atoms with van der Waals surface area (Å²) in [6, 6.07) is 14.8. The Morgan fingerprint density at radius 1 is 1.18 bits per heavy atom. The first-order chi connectivity index (χ1) is 13.4. The molecule has 2 aromatic carbocycles. The minimum Gasteiger partial charge on any atom is -0.309 e. The van der Waals surface area contributed by atoms with E-state index in [-0.39, 0.29) is 22.9 Å². The third-order valence-electron chi connectivity index (χ3n) is 5.29. The van der Waals surface area contributed by atoms with Crippen LogP contribution in [0.15, 0.2) is 53.4 Å². The SMILES string of the molecule is CCC(=O)N1c2ccc(S(=O)(=O)NC(CC)Cc3ccccc3)cc2CC1C. The van der Waals surface area contributed by atoms with Gasteiger partial charge in [-0.25, -0.2) is 13.1 Å². The van der Waals surface area contributed by atoms with E-state index in [0.29, 0.717) is 25.7 Å². The molecule has 2 aromatic rings. The van der Waals surface area contributed by atoms with Gasteiger partial charge in [-0.05, 0) is 55.5 Å². The van der Waals surface area contributed by atoms with Gasteiger partial charge in [-0.3, -0.25) is 4.79 Å². The molecule has 0 saturated carbocycles. The second kappa shape index (κ2) is 8.45. The van der Waals surface area contributed by atoms with Crippen molar-refractivity contribution in [2.45, 2.75) is 63.4 Å². The number of sulfonamides is 1. The van der Waals surface area contributed by atoms with Gasteiger partial charge < -0.3 is 4.90 Å². The van der Waals surface area contributed by atoms with Crippen molar-refractivity contribution in [1.82, 2.24) is 4.72 Å². The maximum Gasteiger partial charge on any atom is 0.240 e. The molecule has 0 spiro atoms. The average molecular weight is 401 g/mol. The second-order valence-electron chi connectivity index (χ2n) is 7.38. The van der Waals surface area contributed by atoms with E-state index in [9.17, 15) is 13.2 Å². The third kappa shape index (κ3) is 4.28. The number of nitrogens with zero attached hydrogens (tertiary/aromatic N) is 1. The summed E-state index contributed by atoms with van der Waals surface area (Å²) in [5.41, 5.74) is 2.84. The van der Waals surface area contributed by atoms with Crippen LogP contribution in [0, 0.1) is 0 Å². The lowest BCUT2D eigenvalue weighted by molar-refractivity contribution is -0.118. The molecule has 2 atom stereocenters. The standard InChI is InChI=1S/C22H28N2O3S/c1-4-19(14-17-9-7-6-8-10-17)23-28(26,27)20-11-12-21-18(15-20)13-16(3)24(21)22(25)5-2/h6-12,15-16,19,23H,4-5,13-14H2,1-3H3. The summed E-state index contributed by atoms with van der Waals surface area (Å²) in [5, 5.41) is 0. The molecule has 5 nitrogen and oxygen atoms in total. The summed E-state index contributed by atoms with van der Waals surface area (Å²) in [6.07, 6.45) is 2.46. The van der Waals surface area contributed by atoms with E-state index < -0.39 is 10.0 Å². The van der Waals surface area contributed by atoms with E-state index in [4.69, 9.17) is 0 Å². The topological polar surface area (TPSA) is 66.5 Å². The van der Waals surface area contributed by atoms with Crippen LogP contribution in [0.25, 0.3) is 0 Å². The highest BCUT2D eigenvalue weighted by atomic mass is 32.2. The molecule has 2 unspecified atom stereocenters. The van der Waals surface area contributed by atoms with Gasteiger partial charge in [0, 0.05) is 24.2 Å². The Hall–Kier alpha value is -2.18. The van der Waals surface area contributed by atoms with Crippen molar-refractivity contribution in [3.05, 3.63) is 59.7 Å². The number of rotatable bonds is 7. The molecule has 0 saturated heterocycles. The van der Waals surface area contributed by atoms with Gasteiger partial charge in [0.1, 0.15) is 0 Å². The van der Waals surface area contributed by atoms with Crippen molar-refractivity contribution in [2.24, 2.45) is 0 Å². The summed E-state index contributed by atoms with van der Waals surface area (Å²) >= 11 is 0. The number of amides is 1. The molecule has 28 heavy (non-hydrogen) atoms. The van der Waals surface area contributed by atoms with Gasteiger partial charge >= 0.3 is 0 Å². The lowest BCUT2D eigenvalue weighted by Crippen LogP contribution is -2.36. The maximum absolute atomic E-state index is 13.0. The molecule has 0 radical (unpaired) electrons. The van der Waals surface area contributed by atoms with Crippen molar-refractivity contribution in [2.75, 3.05) is 4.90 Å². The van der Waals surface area contributed by atoms with Crippen molar-refractivity contribution < 1.29 is 13.2 Å². The van der Waals surface area contributed by atoms with E-state index in [1.807, 2.05) is 51.1 Å². The zero-order valence-corrected chi connectivity index (χ0v) is 17.5. The summed E-state index contributed by atoms with van der Waals surface area (Å²) in [5.74, 6) is 0.0638. The lowest BCUT2D eigenvalue weighted by atomic mass is 10.1. The molecule has 1 aliphatic heterocycles. The van der Waals surface area contributed by atoms with Crippen LogP contribution in [0.4, 0.5) is 5.69 Å². The third-order valence-corrected chi connectivity index (χ3v) is 6.81. The minimum absolute atomic E-state index is 0.0508. The number of fused-ring (bicyclic) bond motifs is 1. The molecule has 0 aliphatic carbocycles. The van der Waals surface area contributed by atoms with Gasteiger partial charge in [0.15, 0.2) is 0 Å². The average Bonchev–Trinajstić information content (AvgIpc) is 3.02. The zero-order chi connectivity index (χ0) is 20.3. The second-order valence-corrected chi connectivity index (χ2v) is 9.09. The van der Waals surface area contributed by atoms with Crippen molar-refractivity contribution in [1.29, 1.82) is 0 Å². The molecule has 3 rings (SSSR count). The molecule has 1 heterocycles. The van der Waals surface area contributed by atoms with Crippen molar-refractivity contribution in [3.63, 3.8) is 0 Å². The fourth-order valence-corrected chi connectivity index (χ4v) is 5.15. The highest BCUT2D eigenvalue weighted by molar-refractivity contribution is 7.89. The first kappa shape index (κ1) is 20.6. The number of anilines is 1. The molecule has 0 aromatic heterocycles. The molecule has 1 amide bonds. The highest BCUT2D eigenvalue weighted by Crippen LogP contribution is 2.34. The quantitative estimate of drug-likeness (QED) is 0.771. The number of benzene rings is 2. The summed E-state index contributed by atoms with van der Waals surface area (Å²) in [7, 11) is -3.63. The summed E-state index contributed by atoms with van der Waals surface area (Å²) < 4.78 is 28.8. The van der Waals surface area contributed by atoms with Crippen molar-refractivity contribution >= 4 is 21.6 Å². The van der Waals surface area contributed by atoms with Crippen LogP contribution in [0.3, 0.4) is 0 Å². The van der Waals surface area contributed by atoms with Crippen molar-refractivity contribution in [3.8, 4) is 0 Å². The van der Waals surface area contributed by atoms with E-state index in [0.717, 1.165) is 16.8 Å². The largest absolute Gasteiger partial charge is 0.309 e. The van der Waals surface area contributed by atoms with Crippen LogP contribution >= 0.6 is 0 Å². The van der Waals surface area contributed by atoms with Gasteiger partial charge in [-0.1, -0.05) is 44.2 Å². The molecule has 150 valence electrons. The Morgan fingerprint density at radius 2 is 1.89 bits per heavy atom. The van der Waals surface area contributed by atoms with Crippen LogP contribution < -0.4 is 9.62 Å². The first-order valence-electron chi connectivity index (χ1n) is 9.87. The molecule has 1 N–H and O–H groups in total. The molecule has 6 heteroatoms. The van der Waals surface area contributed by atoms with Gasteiger partial charge in [0.2, 0.25) is 15.9 Å². The van der Waals surface area contributed by atoms with Crippen LogP contribution in [-0.4, -0.2) is 26.4 Å². The summed E-state index contributed by atoms with van der Waals surface area (Å²) in [6.45, 7) is 5.81. The van der Waals surface area contributed by atoms with Gasteiger partial charge in [-0.2, -0.15) is 0 Å². The number of carbonyl (C=O) groups is 1. The Balaban J connectivity index is 1.81. The highest BCUT2D eigenvalue weighted by Gasteiger charge is 2.31. The van der Waals surface area contributed by atoms with Crippen LogP contribution in [0.1, 0.15) is 44.7 Å². The summed E-state index contributed by atoms with van der Waals surface area (Å²) in [4.78, 5) is 14.3. The predicted octanol–water partition coefficient (Wildman–Crippen LogP) is 3.67. The molecular formula is C22H28N2O3S. The number of hydrogen-bond acceptors (Lipinski definition) is 3. The normalized spacial score (nSPS) is 17.4. The monoisotopic (exact) mass is 400 g/mol. The van der Waals surface area contributed by atoms with Gasteiger partial charge in [0.25, 0.3) is 0 Å². The minimum atomic E-state index is -3.63. The smallest absolute Gasteiger partial charge is 0.240 e. The van der Waals surface area contributed by atoms with Crippen LogP contribution in [0.2, 0.25) is 0 Å². The van der Waals surface area contributed by atoms with Gasteiger partial charge in [0.05, 0.1) is 4.90 Å². The first-order valence-corrected chi connectivity index (χ1v) is 11.3. The van der Waals surface area contributed by atoms with E-state index in [1.54, 1.807) is 23.1 Å².